The summed E-state index contributed by atoms with van der Waals surface area (Å²) in [7, 11) is 0. The smallest absolute Gasteiger partial charge is 0.331 e. The molecular weight excluding hydrogens is 152 g/mol. The average Bonchev–Trinajstić information content (AvgIpc) is 2.03. The Bertz CT molecular complexity index is 190. The third-order valence-electron chi connectivity index (χ3n) is 1.54. The molecule has 0 aliphatic heterocycles. The molecule has 68 valence electrons. The highest BCUT2D eigenvalue weighted by atomic mass is 16.4. The van der Waals surface area contributed by atoms with Gasteiger partial charge in [-0.15, -0.1) is 0 Å². The molecule has 0 amide bonds. The Balaban J connectivity index is 3.71. The first-order valence-corrected chi connectivity index (χ1v) is 4.25. The van der Waals surface area contributed by atoms with Crippen LogP contribution >= 0.6 is 0 Å². The second-order valence-corrected chi connectivity index (χ2v) is 2.73. The number of hydrogen-bond acceptors (Lipinski definition) is 1. The van der Waals surface area contributed by atoms with Crippen molar-refractivity contribution in [1.29, 1.82) is 0 Å². The van der Waals surface area contributed by atoms with Crippen LogP contribution in [0, 0.1) is 0 Å². The average molecular weight is 168 g/mol. The molecule has 0 aromatic heterocycles. The van der Waals surface area contributed by atoms with E-state index in [1.165, 1.54) is 6.42 Å². The molecule has 0 saturated carbocycles. The van der Waals surface area contributed by atoms with E-state index in [1.807, 2.05) is 6.08 Å². The summed E-state index contributed by atoms with van der Waals surface area (Å²) in [4.78, 5) is 10.3. The lowest BCUT2D eigenvalue weighted by molar-refractivity contribution is -0.132. The van der Waals surface area contributed by atoms with Gasteiger partial charge in [0.1, 0.15) is 0 Å². The van der Waals surface area contributed by atoms with Gasteiger partial charge in [-0.1, -0.05) is 38.0 Å². The van der Waals surface area contributed by atoms with Crippen LogP contribution in [0.5, 0.6) is 0 Å². The van der Waals surface area contributed by atoms with Gasteiger partial charge in [-0.3, -0.25) is 0 Å². The van der Waals surface area contributed by atoms with Crippen molar-refractivity contribution >= 4 is 5.97 Å². The summed E-state index contributed by atoms with van der Waals surface area (Å²) in [6.45, 7) is 3.72. The molecular formula is C10H16O2. The maximum absolute atomic E-state index is 10.3. The van der Waals surface area contributed by atoms with Crippen molar-refractivity contribution in [2.75, 3.05) is 0 Å². The molecule has 2 heteroatoms. The van der Waals surface area contributed by atoms with Gasteiger partial charge in [-0.25, -0.2) is 4.79 Å². The summed E-state index contributed by atoms with van der Waals surface area (Å²) in [6, 6.07) is 0. The Kier molecular flexibility index (Phi) is 6.07. The van der Waals surface area contributed by atoms with Gasteiger partial charge in [0.05, 0.1) is 0 Å². The van der Waals surface area contributed by atoms with Crippen molar-refractivity contribution < 1.29 is 9.90 Å². The topological polar surface area (TPSA) is 37.3 Å². The Morgan fingerprint density at radius 2 is 2.17 bits per heavy atom. The lowest BCUT2D eigenvalue weighted by Gasteiger charge is -1.88. The zero-order valence-corrected chi connectivity index (χ0v) is 7.71. The predicted octanol–water partition coefficient (Wildman–Crippen LogP) is 2.76. The van der Waals surface area contributed by atoms with E-state index in [0.717, 1.165) is 12.8 Å². The standard InChI is InChI=1S/C10H16O2/c1-3-4-5-6-7-8-9(2)10(11)12/h6-8H,3-5H2,1-2H3,(H,11,12). The van der Waals surface area contributed by atoms with Crippen LogP contribution in [-0.2, 0) is 4.79 Å². The molecule has 2 nitrogen and oxygen atoms in total. The number of carboxylic acids is 1. The number of allylic oxidation sites excluding steroid dienone is 3. The summed E-state index contributed by atoms with van der Waals surface area (Å²) < 4.78 is 0. The van der Waals surface area contributed by atoms with E-state index in [-0.39, 0.29) is 0 Å². The van der Waals surface area contributed by atoms with E-state index in [1.54, 1.807) is 19.1 Å². The van der Waals surface area contributed by atoms with Gasteiger partial charge < -0.3 is 5.11 Å². The summed E-state index contributed by atoms with van der Waals surface area (Å²) in [5.74, 6) is -0.852. The van der Waals surface area contributed by atoms with Crippen LogP contribution in [-0.4, -0.2) is 11.1 Å². The Morgan fingerprint density at radius 3 is 2.67 bits per heavy atom. The number of aliphatic carboxylic acids is 1. The molecule has 0 aromatic rings. The number of hydrogen-bond donors (Lipinski definition) is 1. The zero-order valence-electron chi connectivity index (χ0n) is 7.71. The minimum absolute atomic E-state index is 0.378. The van der Waals surface area contributed by atoms with Crippen LogP contribution < -0.4 is 0 Å². The van der Waals surface area contributed by atoms with Crippen molar-refractivity contribution in [3.63, 3.8) is 0 Å². The molecule has 1 N–H and O–H groups in total. The van der Waals surface area contributed by atoms with Gasteiger partial charge in [0.15, 0.2) is 0 Å². The molecule has 0 saturated heterocycles. The number of carbonyl (C=O) groups is 1. The SMILES string of the molecule is CCCCC=CC=C(C)C(=O)O. The highest BCUT2D eigenvalue weighted by Gasteiger charge is 1.94. The predicted molar refractivity (Wildman–Crippen MR) is 50.1 cm³/mol. The normalized spacial score (nSPS) is 12.3. The van der Waals surface area contributed by atoms with Crippen molar-refractivity contribution in [2.45, 2.75) is 33.1 Å². The molecule has 0 aromatic carbocycles. The second kappa shape index (κ2) is 6.65. The summed E-state index contributed by atoms with van der Waals surface area (Å²) in [5.41, 5.74) is 0.378. The number of rotatable bonds is 5. The van der Waals surface area contributed by atoms with Crippen molar-refractivity contribution in [3.8, 4) is 0 Å². The van der Waals surface area contributed by atoms with E-state index in [9.17, 15) is 4.79 Å². The molecule has 0 aliphatic carbocycles. The van der Waals surface area contributed by atoms with Crippen LogP contribution in [0.15, 0.2) is 23.8 Å². The Morgan fingerprint density at radius 1 is 1.50 bits per heavy atom. The molecule has 0 fully saturated rings. The zero-order chi connectivity index (χ0) is 9.40. The highest BCUT2D eigenvalue weighted by Crippen LogP contribution is 1.97. The van der Waals surface area contributed by atoms with Crippen molar-refractivity contribution in [1.82, 2.24) is 0 Å². The number of carboxylic acid groups (broad SMARTS) is 1. The lowest BCUT2D eigenvalue weighted by atomic mass is 10.2. The van der Waals surface area contributed by atoms with Crippen molar-refractivity contribution in [3.05, 3.63) is 23.8 Å². The maximum atomic E-state index is 10.3. The molecule has 0 unspecified atom stereocenters. The Labute approximate surface area is 73.6 Å². The third kappa shape index (κ3) is 5.71. The molecule has 0 bridgehead atoms. The lowest BCUT2D eigenvalue weighted by Crippen LogP contribution is -1.94. The highest BCUT2D eigenvalue weighted by molar-refractivity contribution is 5.86. The minimum atomic E-state index is -0.852. The fraction of sp³-hybridized carbons (Fsp3) is 0.500. The summed E-state index contributed by atoms with van der Waals surface area (Å²) in [6.07, 6.45) is 8.79. The van der Waals surface area contributed by atoms with Crippen LogP contribution in [0.2, 0.25) is 0 Å². The van der Waals surface area contributed by atoms with Crippen LogP contribution in [0.25, 0.3) is 0 Å². The van der Waals surface area contributed by atoms with Crippen LogP contribution in [0.3, 0.4) is 0 Å². The van der Waals surface area contributed by atoms with Gasteiger partial charge in [0.2, 0.25) is 0 Å². The van der Waals surface area contributed by atoms with Gasteiger partial charge in [0, 0.05) is 5.57 Å². The van der Waals surface area contributed by atoms with Gasteiger partial charge in [-0.2, -0.15) is 0 Å². The molecule has 0 radical (unpaired) electrons. The molecule has 12 heavy (non-hydrogen) atoms. The van der Waals surface area contributed by atoms with E-state index in [2.05, 4.69) is 6.92 Å². The van der Waals surface area contributed by atoms with Gasteiger partial charge >= 0.3 is 5.97 Å². The first-order chi connectivity index (χ1) is 5.68. The molecule has 0 atom stereocenters. The summed E-state index contributed by atoms with van der Waals surface area (Å²) in [5, 5.41) is 8.48. The van der Waals surface area contributed by atoms with Crippen molar-refractivity contribution in [2.24, 2.45) is 0 Å². The Hall–Kier alpha value is -1.05. The second-order valence-electron chi connectivity index (χ2n) is 2.73. The monoisotopic (exact) mass is 168 g/mol. The molecule has 0 spiro atoms. The summed E-state index contributed by atoms with van der Waals surface area (Å²) >= 11 is 0. The van der Waals surface area contributed by atoms with E-state index in [4.69, 9.17) is 5.11 Å². The maximum Gasteiger partial charge on any atom is 0.331 e. The first-order valence-electron chi connectivity index (χ1n) is 4.25. The largest absolute Gasteiger partial charge is 0.478 e. The van der Waals surface area contributed by atoms with E-state index in [0.29, 0.717) is 5.57 Å². The third-order valence-corrected chi connectivity index (χ3v) is 1.54. The van der Waals surface area contributed by atoms with Gasteiger partial charge in [0.25, 0.3) is 0 Å². The first kappa shape index (κ1) is 11.0. The van der Waals surface area contributed by atoms with E-state index < -0.39 is 5.97 Å². The molecule has 0 rings (SSSR count). The minimum Gasteiger partial charge on any atom is -0.478 e. The fourth-order valence-corrected chi connectivity index (χ4v) is 0.702. The van der Waals surface area contributed by atoms with Crippen LogP contribution in [0.1, 0.15) is 33.1 Å². The number of unbranched alkanes of at least 4 members (excludes halogenated alkanes) is 2. The molecule has 0 aliphatic rings. The fourth-order valence-electron chi connectivity index (χ4n) is 0.702. The quantitative estimate of drug-likeness (QED) is 0.389. The van der Waals surface area contributed by atoms with Gasteiger partial charge in [-0.05, 0) is 13.3 Å². The van der Waals surface area contributed by atoms with E-state index >= 15 is 0 Å². The van der Waals surface area contributed by atoms with Crippen LogP contribution in [0.4, 0.5) is 0 Å². The molecule has 0 heterocycles.